The zero-order valence-electron chi connectivity index (χ0n) is 10.9. The van der Waals surface area contributed by atoms with Gasteiger partial charge in [0, 0.05) is 0 Å². The van der Waals surface area contributed by atoms with Gasteiger partial charge >= 0.3 is 0 Å². The molecule has 96 valence electrons. The van der Waals surface area contributed by atoms with E-state index in [9.17, 15) is 5.26 Å². The van der Waals surface area contributed by atoms with Gasteiger partial charge in [-0.3, -0.25) is 4.90 Å². The quantitative estimate of drug-likeness (QED) is 0.816. The van der Waals surface area contributed by atoms with Gasteiger partial charge in [0.1, 0.15) is 11.8 Å². The molecule has 1 aliphatic heterocycles. The van der Waals surface area contributed by atoms with Crippen LogP contribution in [0.2, 0.25) is 0 Å². The first kappa shape index (κ1) is 12.9. The first-order chi connectivity index (χ1) is 8.85. The van der Waals surface area contributed by atoms with Gasteiger partial charge in [0.2, 0.25) is 0 Å². The molecule has 0 N–H and O–H groups in total. The highest BCUT2D eigenvalue weighted by molar-refractivity contribution is 5.33. The van der Waals surface area contributed by atoms with Crippen LogP contribution < -0.4 is 4.74 Å². The summed E-state index contributed by atoms with van der Waals surface area (Å²) < 4.78 is 5.50. The van der Waals surface area contributed by atoms with E-state index in [0.29, 0.717) is 6.61 Å². The number of nitriles is 1. The van der Waals surface area contributed by atoms with Gasteiger partial charge < -0.3 is 4.74 Å². The molecule has 0 spiro atoms. The fraction of sp³-hybridized carbons (Fsp3) is 0.533. The number of rotatable bonds is 4. The highest BCUT2D eigenvalue weighted by Gasteiger charge is 2.22. The van der Waals surface area contributed by atoms with Gasteiger partial charge in [-0.05, 0) is 50.6 Å². The predicted molar refractivity (Wildman–Crippen MR) is 71.4 cm³/mol. The summed E-state index contributed by atoms with van der Waals surface area (Å²) in [5.41, 5.74) is 1.05. The number of likely N-dealkylation sites (tertiary alicyclic amines) is 1. The van der Waals surface area contributed by atoms with Crippen LogP contribution in [-0.2, 0) is 0 Å². The molecule has 1 aliphatic rings. The molecule has 1 atom stereocenters. The van der Waals surface area contributed by atoms with Crippen LogP contribution in [-0.4, -0.2) is 24.6 Å². The zero-order valence-corrected chi connectivity index (χ0v) is 10.9. The summed E-state index contributed by atoms with van der Waals surface area (Å²) in [5, 5.41) is 9.42. The van der Waals surface area contributed by atoms with Gasteiger partial charge in [0.15, 0.2) is 0 Å². The van der Waals surface area contributed by atoms with Crippen molar-refractivity contribution in [3.05, 3.63) is 29.8 Å². The summed E-state index contributed by atoms with van der Waals surface area (Å²) in [4.78, 5) is 2.27. The van der Waals surface area contributed by atoms with Crippen molar-refractivity contribution < 1.29 is 4.74 Å². The summed E-state index contributed by atoms with van der Waals surface area (Å²) in [6.45, 7) is 4.68. The molecule has 1 aromatic carbocycles. The van der Waals surface area contributed by atoms with E-state index in [-0.39, 0.29) is 6.04 Å². The molecule has 1 aromatic rings. The Bertz CT molecular complexity index is 419. The molecule has 3 nitrogen and oxygen atoms in total. The Morgan fingerprint density at radius 3 is 2.78 bits per heavy atom. The second kappa shape index (κ2) is 6.42. The molecule has 1 unspecified atom stereocenters. The number of hydrogen-bond acceptors (Lipinski definition) is 3. The third-order valence-corrected chi connectivity index (χ3v) is 3.36. The van der Waals surface area contributed by atoms with Gasteiger partial charge in [-0.25, -0.2) is 0 Å². The smallest absolute Gasteiger partial charge is 0.123 e. The van der Waals surface area contributed by atoms with Crippen molar-refractivity contribution in [3.8, 4) is 11.8 Å². The van der Waals surface area contributed by atoms with Crippen LogP contribution in [0.25, 0.3) is 0 Å². The number of hydrogen-bond donors (Lipinski definition) is 0. The van der Waals surface area contributed by atoms with Crippen LogP contribution >= 0.6 is 0 Å². The van der Waals surface area contributed by atoms with Gasteiger partial charge in [-0.2, -0.15) is 5.26 Å². The molecule has 0 aromatic heterocycles. The molecule has 0 saturated carbocycles. The predicted octanol–water partition coefficient (Wildman–Crippen LogP) is 3.14. The number of benzene rings is 1. The van der Waals surface area contributed by atoms with Crippen molar-refractivity contribution in [1.82, 2.24) is 4.90 Å². The van der Waals surface area contributed by atoms with Gasteiger partial charge in [-0.15, -0.1) is 0 Å². The van der Waals surface area contributed by atoms with Crippen LogP contribution in [0.4, 0.5) is 0 Å². The molecule has 0 aliphatic carbocycles. The van der Waals surface area contributed by atoms with Crippen LogP contribution in [0.3, 0.4) is 0 Å². The molecule has 1 fully saturated rings. The summed E-state index contributed by atoms with van der Waals surface area (Å²) in [7, 11) is 0. The SMILES string of the molecule is CCOc1cccc(C(C#N)N2CCCCC2)c1. The van der Waals surface area contributed by atoms with Crippen molar-refractivity contribution in [1.29, 1.82) is 5.26 Å². The lowest BCUT2D eigenvalue weighted by Crippen LogP contribution is -2.33. The minimum absolute atomic E-state index is 0.134. The minimum Gasteiger partial charge on any atom is -0.494 e. The molecular formula is C15H20N2O. The fourth-order valence-corrected chi connectivity index (χ4v) is 2.48. The largest absolute Gasteiger partial charge is 0.494 e. The third-order valence-electron chi connectivity index (χ3n) is 3.36. The summed E-state index contributed by atoms with van der Waals surface area (Å²) in [6, 6.07) is 10.2. The van der Waals surface area contributed by atoms with Crippen LogP contribution in [0.15, 0.2) is 24.3 Å². The maximum absolute atomic E-state index is 9.42. The maximum Gasteiger partial charge on any atom is 0.123 e. The lowest BCUT2D eigenvalue weighted by molar-refractivity contribution is 0.196. The molecule has 1 saturated heterocycles. The van der Waals surface area contributed by atoms with Gasteiger partial charge in [-0.1, -0.05) is 18.6 Å². The van der Waals surface area contributed by atoms with E-state index in [0.717, 1.165) is 24.4 Å². The third kappa shape index (κ3) is 3.02. The second-order valence-electron chi connectivity index (χ2n) is 4.63. The average Bonchev–Trinajstić information content (AvgIpc) is 2.42. The van der Waals surface area contributed by atoms with E-state index in [1.807, 2.05) is 31.2 Å². The van der Waals surface area contributed by atoms with E-state index in [2.05, 4.69) is 11.0 Å². The second-order valence-corrected chi connectivity index (χ2v) is 4.63. The van der Waals surface area contributed by atoms with Crippen LogP contribution in [0.1, 0.15) is 37.8 Å². The average molecular weight is 244 g/mol. The first-order valence-corrected chi connectivity index (χ1v) is 6.71. The molecule has 0 radical (unpaired) electrons. The summed E-state index contributed by atoms with van der Waals surface area (Å²) >= 11 is 0. The van der Waals surface area contributed by atoms with E-state index in [4.69, 9.17) is 4.74 Å². The molecule has 18 heavy (non-hydrogen) atoms. The highest BCUT2D eigenvalue weighted by Crippen LogP contribution is 2.26. The fourth-order valence-electron chi connectivity index (χ4n) is 2.48. The van der Waals surface area contributed by atoms with Crippen molar-refractivity contribution in [2.24, 2.45) is 0 Å². The Hall–Kier alpha value is -1.53. The van der Waals surface area contributed by atoms with Crippen molar-refractivity contribution in [2.45, 2.75) is 32.2 Å². The zero-order chi connectivity index (χ0) is 12.8. The van der Waals surface area contributed by atoms with Gasteiger partial charge in [0.25, 0.3) is 0 Å². The van der Waals surface area contributed by atoms with Crippen molar-refractivity contribution >= 4 is 0 Å². The molecule has 1 heterocycles. The number of nitrogens with zero attached hydrogens (tertiary/aromatic N) is 2. The molecule has 3 heteroatoms. The normalized spacial score (nSPS) is 18.0. The van der Waals surface area contributed by atoms with Crippen molar-refractivity contribution in [3.63, 3.8) is 0 Å². The van der Waals surface area contributed by atoms with Gasteiger partial charge in [0.05, 0.1) is 12.7 Å². The standard InChI is InChI=1S/C15H20N2O/c1-2-18-14-8-6-7-13(11-14)15(12-16)17-9-4-3-5-10-17/h6-8,11,15H,2-5,9-10H2,1H3. The lowest BCUT2D eigenvalue weighted by atomic mass is 10.0. The Labute approximate surface area is 109 Å². The summed E-state index contributed by atoms with van der Waals surface area (Å²) in [5.74, 6) is 0.854. The first-order valence-electron chi connectivity index (χ1n) is 6.71. The van der Waals surface area contributed by atoms with E-state index in [1.54, 1.807) is 0 Å². The maximum atomic E-state index is 9.42. The topological polar surface area (TPSA) is 36.3 Å². The lowest BCUT2D eigenvalue weighted by Gasteiger charge is -2.30. The summed E-state index contributed by atoms with van der Waals surface area (Å²) in [6.07, 6.45) is 3.68. The molecule has 0 bridgehead atoms. The molecular weight excluding hydrogens is 224 g/mol. The van der Waals surface area contributed by atoms with Crippen LogP contribution in [0.5, 0.6) is 5.75 Å². The number of ether oxygens (including phenoxy) is 1. The highest BCUT2D eigenvalue weighted by atomic mass is 16.5. The Kier molecular flexibility index (Phi) is 4.60. The Morgan fingerprint density at radius 2 is 2.11 bits per heavy atom. The Morgan fingerprint density at radius 1 is 1.33 bits per heavy atom. The van der Waals surface area contributed by atoms with E-state index in [1.165, 1.54) is 19.3 Å². The number of piperidine rings is 1. The monoisotopic (exact) mass is 244 g/mol. The van der Waals surface area contributed by atoms with Crippen LogP contribution in [0, 0.1) is 11.3 Å². The van der Waals surface area contributed by atoms with Crippen molar-refractivity contribution in [2.75, 3.05) is 19.7 Å². The van der Waals surface area contributed by atoms with E-state index < -0.39 is 0 Å². The van der Waals surface area contributed by atoms with E-state index >= 15 is 0 Å². The molecule has 2 rings (SSSR count). The minimum atomic E-state index is -0.134. The molecule has 0 amide bonds. The Balaban J connectivity index is 2.16.